The van der Waals surface area contributed by atoms with Gasteiger partial charge in [0.2, 0.25) is 0 Å². The number of anilines is 1. The van der Waals surface area contributed by atoms with Crippen LogP contribution in [0.25, 0.3) is 11.4 Å². The Morgan fingerprint density at radius 3 is 2.27 bits per heavy atom. The summed E-state index contributed by atoms with van der Waals surface area (Å²) in [5.74, 6) is 1.04. The molecule has 0 bridgehead atoms. The topological polar surface area (TPSA) is 41.4 Å². The molecule has 33 heavy (non-hydrogen) atoms. The number of rotatable bonds is 3. The van der Waals surface area contributed by atoms with Crippen molar-refractivity contribution in [1.82, 2.24) is 14.5 Å². The number of imidazole rings is 1. The molecule has 5 nitrogen and oxygen atoms in total. The standard InChI is InChI=1S/C28H34N4O/c1-20-8-11-23(12-9-20)27-29-26(25-7-5-4-6-14-32(25)27)28(33)31-17-15-30(16-18-31)24-13-10-21(2)19-22(24)3/h8-13,19H,4-7,14-18H2,1-3H3. The van der Waals surface area contributed by atoms with E-state index in [1.807, 2.05) is 4.90 Å². The van der Waals surface area contributed by atoms with E-state index in [4.69, 9.17) is 4.98 Å². The third kappa shape index (κ3) is 4.29. The minimum absolute atomic E-state index is 0.0966. The number of hydrogen-bond acceptors (Lipinski definition) is 3. The Balaban J connectivity index is 1.39. The SMILES string of the molecule is Cc1ccc(-c2nc(C(=O)N3CCN(c4ccc(C)cc4C)CC3)c3n2CCCCC3)cc1. The van der Waals surface area contributed by atoms with Gasteiger partial charge in [-0.2, -0.15) is 0 Å². The number of benzene rings is 2. The highest BCUT2D eigenvalue weighted by Crippen LogP contribution is 2.29. The number of carbonyl (C=O) groups excluding carboxylic acids is 1. The first-order chi connectivity index (χ1) is 16.0. The van der Waals surface area contributed by atoms with E-state index in [0.29, 0.717) is 5.69 Å². The van der Waals surface area contributed by atoms with Crippen molar-refractivity contribution >= 4 is 11.6 Å². The predicted molar refractivity (Wildman–Crippen MR) is 134 cm³/mol. The van der Waals surface area contributed by atoms with Crippen LogP contribution in [-0.4, -0.2) is 46.5 Å². The molecular weight excluding hydrogens is 408 g/mol. The fourth-order valence-corrected chi connectivity index (χ4v) is 5.27. The van der Waals surface area contributed by atoms with Crippen molar-refractivity contribution in [3.63, 3.8) is 0 Å². The Labute approximate surface area is 197 Å². The van der Waals surface area contributed by atoms with Gasteiger partial charge in [0.15, 0.2) is 0 Å². The van der Waals surface area contributed by atoms with E-state index in [9.17, 15) is 4.79 Å². The summed E-state index contributed by atoms with van der Waals surface area (Å²) in [4.78, 5) is 23.1. The molecule has 2 aliphatic rings. The molecule has 172 valence electrons. The van der Waals surface area contributed by atoms with Crippen molar-refractivity contribution < 1.29 is 4.79 Å². The molecule has 0 aliphatic carbocycles. The lowest BCUT2D eigenvalue weighted by Gasteiger charge is -2.36. The molecule has 1 fully saturated rings. The Hall–Kier alpha value is -3.08. The summed E-state index contributed by atoms with van der Waals surface area (Å²) in [5, 5.41) is 0. The zero-order valence-electron chi connectivity index (χ0n) is 20.1. The second-order valence-corrected chi connectivity index (χ2v) is 9.63. The highest BCUT2D eigenvalue weighted by Gasteiger charge is 2.29. The van der Waals surface area contributed by atoms with Crippen molar-refractivity contribution in [2.75, 3.05) is 31.1 Å². The van der Waals surface area contributed by atoms with Gasteiger partial charge >= 0.3 is 0 Å². The highest BCUT2D eigenvalue weighted by molar-refractivity contribution is 5.94. The second-order valence-electron chi connectivity index (χ2n) is 9.63. The molecule has 5 heteroatoms. The minimum Gasteiger partial charge on any atom is -0.368 e. The first-order valence-electron chi connectivity index (χ1n) is 12.3. The zero-order chi connectivity index (χ0) is 22.9. The largest absolute Gasteiger partial charge is 0.368 e. The lowest BCUT2D eigenvalue weighted by Crippen LogP contribution is -2.49. The molecule has 0 spiro atoms. The number of aryl methyl sites for hydroxylation is 3. The Kier molecular flexibility index (Phi) is 5.96. The molecule has 2 aliphatic heterocycles. The van der Waals surface area contributed by atoms with Crippen molar-refractivity contribution in [2.45, 2.75) is 53.0 Å². The third-order valence-electron chi connectivity index (χ3n) is 7.14. The van der Waals surface area contributed by atoms with Crippen molar-refractivity contribution in [3.8, 4) is 11.4 Å². The fraction of sp³-hybridized carbons (Fsp3) is 0.429. The molecule has 5 rings (SSSR count). The van der Waals surface area contributed by atoms with Crippen LogP contribution in [0, 0.1) is 20.8 Å². The minimum atomic E-state index is 0.0966. The van der Waals surface area contributed by atoms with Crippen LogP contribution in [0.3, 0.4) is 0 Å². The lowest BCUT2D eigenvalue weighted by molar-refractivity contribution is 0.0740. The van der Waals surface area contributed by atoms with Gasteiger partial charge in [0.25, 0.3) is 5.91 Å². The summed E-state index contributed by atoms with van der Waals surface area (Å²) in [6.45, 7) is 10.5. The van der Waals surface area contributed by atoms with Crippen molar-refractivity contribution in [2.24, 2.45) is 0 Å². The van der Waals surface area contributed by atoms with Crippen LogP contribution < -0.4 is 4.90 Å². The Bertz CT molecular complexity index is 1150. The number of aromatic nitrogens is 2. The van der Waals surface area contributed by atoms with Crippen LogP contribution in [0.5, 0.6) is 0 Å². The predicted octanol–water partition coefficient (Wildman–Crippen LogP) is 5.16. The molecule has 0 radical (unpaired) electrons. The highest BCUT2D eigenvalue weighted by atomic mass is 16.2. The van der Waals surface area contributed by atoms with Crippen LogP contribution in [0.4, 0.5) is 5.69 Å². The van der Waals surface area contributed by atoms with Crippen molar-refractivity contribution in [1.29, 1.82) is 0 Å². The van der Waals surface area contributed by atoms with Gasteiger partial charge in [0.05, 0.1) is 5.69 Å². The van der Waals surface area contributed by atoms with Crippen LogP contribution in [0.15, 0.2) is 42.5 Å². The molecule has 1 amide bonds. The molecule has 3 aromatic rings. The van der Waals surface area contributed by atoms with Gasteiger partial charge in [-0.05, 0) is 51.7 Å². The first-order valence-corrected chi connectivity index (χ1v) is 12.3. The molecule has 0 atom stereocenters. The van der Waals surface area contributed by atoms with Gasteiger partial charge in [-0.3, -0.25) is 4.79 Å². The summed E-state index contributed by atoms with van der Waals surface area (Å²) in [5.41, 5.74) is 8.01. The Morgan fingerprint density at radius 2 is 1.55 bits per heavy atom. The molecule has 0 unspecified atom stereocenters. The van der Waals surface area contributed by atoms with Crippen LogP contribution in [-0.2, 0) is 13.0 Å². The van der Waals surface area contributed by atoms with Gasteiger partial charge in [-0.25, -0.2) is 4.98 Å². The quantitative estimate of drug-likeness (QED) is 0.562. The molecular formula is C28H34N4O. The maximum atomic E-state index is 13.7. The average molecular weight is 443 g/mol. The maximum Gasteiger partial charge on any atom is 0.274 e. The summed E-state index contributed by atoms with van der Waals surface area (Å²) in [6, 6.07) is 15.1. The summed E-state index contributed by atoms with van der Waals surface area (Å²) >= 11 is 0. The molecule has 1 aromatic heterocycles. The number of piperazine rings is 1. The molecule has 3 heterocycles. The maximum absolute atomic E-state index is 13.7. The van der Waals surface area contributed by atoms with E-state index in [-0.39, 0.29) is 5.91 Å². The molecule has 0 saturated carbocycles. The monoisotopic (exact) mass is 442 g/mol. The third-order valence-corrected chi connectivity index (χ3v) is 7.14. The van der Waals surface area contributed by atoms with Crippen molar-refractivity contribution in [3.05, 3.63) is 70.5 Å². The number of nitrogens with zero attached hydrogens (tertiary/aromatic N) is 4. The average Bonchev–Trinajstić information content (AvgIpc) is 3.00. The zero-order valence-corrected chi connectivity index (χ0v) is 20.1. The van der Waals surface area contributed by atoms with Gasteiger partial charge in [0.1, 0.15) is 11.5 Å². The van der Waals surface area contributed by atoms with Crippen LogP contribution in [0.1, 0.15) is 52.1 Å². The van der Waals surface area contributed by atoms with E-state index in [0.717, 1.165) is 69.1 Å². The van der Waals surface area contributed by atoms with E-state index in [2.05, 4.69) is 72.7 Å². The number of fused-ring (bicyclic) bond motifs is 1. The smallest absolute Gasteiger partial charge is 0.274 e. The van der Waals surface area contributed by atoms with E-state index < -0.39 is 0 Å². The summed E-state index contributed by atoms with van der Waals surface area (Å²) in [6.07, 6.45) is 4.41. The molecule has 0 N–H and O–H groups in total. The van der Waals surface area contributed by atoms with Crippen LogP contribution in [0.2, 0.25) is 0 Å². The van der Waals surface area contributed by atoms with E-state index in [1.54, 1.807) is 0 Å². The number of amides is 1. The summed E-state index contributed by atoms with van der Waals surface area (Å²) in [7, 11) is 0. The molecule has 1 saturated heterocycles. The van der Waals surface area contributed by atoms with E-state index in [1.165, 1.54) is 28.8 Å². The van der Waals surface area contributed by atoms with Gasteiger partial charge in [-0.15, -0.1) is 0 Å². The lowest BCUT2D eigenvalue weighted by atomic mass is 10.1. The fourth-order valence-electron chi connectivity index (χ4n) is 5.27. The first kappa shape index (κ1) is 21.7. The van der Waals surface area contributed by atoms with Gasteiger partial charge in [-0.1, -0.05) is 53.9 Å². The summed E-state index contributed by atoms with van der Waals surface area (Å²) < 4.78 is 2.32. The number of carbonyl (C=O) groups is 1. The van der Waals surface area contributed by atoms with Crippen LogP contribution >= 0.6 is 0 Å². The van der Waals surface area contributed by atoms with Gasteiger partial charge in [0, 0.05) is 44.0 Å². The normalized spacial score (nSPS) is 16.5. The van der Waals surface area contributed by atoms with Gasteiger partial charge < -0.3 is 14.4 Å². The van der Waals surface area contributed by atoms with E-state index >= 15 is 0 Å². The Morgan fingerprint density at radius 1 is 0.818 bits per heavy atom. The molecule has 2 aromatic carbocycles. The number of hydrogen-bond donors (Lipinski definition) is 0. The second kappa shape index (κ2) is 9.05.